The molecule has 1 aromatic rings. The highest BCUT2D eigenvalue weighted by molar-refractivity contribution is 5.75. The molecule has 80 valence electrons. The molecule has 0 radical (unpaired) electrons. The molecule has 1 aromatic carbocycles. The highest BCUT2D eigenvalue weighted by Crippen LogP contribution is 2.43. The molecule has 1 unspecified atom stereocenters. The Hall–Kier alpha value is -1.18. The first-order chi connectivity index (χ1) is 7.36. The molecule has 3 rings (SSSR count). The summed E-state index contributed by atoms with van der Waals surface area (Å²) in [5.74, 6) is 0.849. The number of hydrogen-bond donors (Lipinski definition) is 2. The fourth-order valence-electron chi connectivity index (χ4n) is 2.32. The number of hydrogen-bond acceptors (Lipinski definition) is 2. The van der Waals surface area contributed by atoms with E-state index in [1.807, 2.05) is 0 Å². The van der Waals surface area contributed by atoms with Gasteiger partial charge in [0.05, 0.1) is 17.5 Å². The molecule has 1 saturated carbocycles. The summed E-state index contributed by atoms with van der Waals surface area (Å²) in [7, 11) is 0. The summed E-state index contributed by atoms with van der Waals surface area (Å²) in [6.45, 7) is 2.22. The van der Waals surface area contributed by atoms with E-state index >= 15 is 0 Å². The molecule has 15 heavy (non-hydrogen) atoms. The van der Waals surface area contributed by atoms with Crippen molar-refractivity contribution in [1.82, 2.24) is 0 Å². The molecule has 0 saturated heterocycles. The summed E-state index contributed by atoms with van der Waals surface area (Å²) >= 11 is 0. The van der Waals surface area contributed by atoms with Crippen LogP contribution in [0.25, 0.3) is 0 Å². The summed E-state index contributed by atoms with van der Waals surface area (Å²) in [5.41, 5.74) is 4.09. The van der Waals surface area contributed by atoms with Gasteiger partial charge in [-0.1, -0.05) is 19.4 Å². The molecule has 1 heterocycles. The first-order valence-electron chi connectivity index (χ1n) is 6.04. The lowest BCUT2D eigenvalue weighted by Crippen LogP contribution is -2.21. The van der Waals surface area contributed by atoms with Crippen molar-refractivity contribution < 1.29 is 0 Å². The predicted octanol–water partition coefficient (Wildman–Crippen LogP) is 3.53. The van der Waals surface area contributed by atoms with Gasteiger partial charge in [0, 0.05) is 0 Å². The van der Waals surface area contributed by atoms with E-state index in [1.54, 1.807) is 0 Å². The van der Waals surface area contributed by atoms with Crippen molar-refractivity contribution in [1.29, 1.82) is 0 Å². The molecule has 0 spiro atoms. The highest BCUT2D eigenvalue weighted by Gasteiger charge is 2.26. The van der Waals surface area contributed by atoms with E-state index in [0.29, 0.717) is 6.17 Å². The SMILES string of the molecule is CCCC1Nc2ccc(C3CC3)cc2N1. The normalized spacial score (nSPS) is 23.1. The van der Waals surface area contributed by atoms with Crippen LogP contribution in [-0.2, 0) is 0 Å². The number of anilines is 2. The van der Waals surface area contributed by atoms with Crippen molar-refractivity contribution in [3.05, 3.63) is 23.8 Å². The van der Waals surface area contributed by atoms with Crippen molar-refractivity contribution in [2.45, 2.75) is 44.7 Å². The van der Waals surface area contributed by atoms with Gasteiger partial charge in [-0.2, -0.15) is 0 Å². The Bertz CT molecular complexity index is 369. The van der Waals surface area contributed by atoms with Gasteiger partial charge in [0.15, 0.2) is 0 Å². The number of rotatable bonds is 3. The van der Waals surface area contributed by atoms with Gasteiger partial charge < -0.3 is 10.6 Å². The fraction of sp³-hybridized carbons (Fsp3) is 0.538. The van der Waals surface area contributed by atoms with Crippen LogP contribution in [0.15, 0.2) is 18.2 Å². The van der Waals surface area contributed by atoms with Gasteiger partial charge in [-0.25, -0.2) is 0 Å². The largest absolute Gasteiger partial charge is 0.364 e. The van der Waals surface area contributed by atoms with Gasteiger partial charge in [0.1, 0.15) is 0 Å². The molecular formula is C13H18N2. The van der Waals surface area contributed by atoms with E-state index in [-0.39, 0.29) is 0 Å². The van der Waals surface area contributed by atoms with E-state index in [1.165, 1.54) is 42.6 Å². The van der Waals surface area contributed by atoms with Crippen molar-refractivity contribution in [2.75, 3.05) is 10.6 Å². The molecule has 0 amide bonds. The zero-order chi connectivity index (χ0) is 10.3. The average molecular weight is 202 g/mol. The van der Waals surface area contributed by atoms with Crippen molar-refractivity contribution in [3.63, 3.8) is 0 Å². The minimum absolute atomic E-state index is 0.444. The summed E-state index contributed by atoms with van der Waals surface area (Å²) in [6.07, 6.45) is 5.61. The van der Waals surface area contributed by atoms with Crippen LogP contribution in [0.5, 0.6) is 0 Å². The van der Waals surface area contributed by atoms with Crippen molar-refractivity contribution in [2.24, 2.45) is 0 Å². The molecule has 1 fully saturated rings. The molecule has 2 aliphatic rings. The molecule has 1 atom stereocenters. The van der Waals surface area contributed by atoms with Crippen LogP contribution in [0.2, 0.25) is 0 Å². The first kappa shape index (κ1) is 9.08. The van der Waals surface area contributed by atoms with E-state index < -0.39 is 0 Å². The zero-order valence-electron chi connectivity index (χ0n) is 9.22. The lowest BCUT2D eigenvalue weighted by molar-refractivity contribution is 0.717. The molecule has 2 N–H and O–H groups in total. The Morgan fingerprint density at radius 2 is 2.00 bits per heavy atom. The van der Waals surface area contributed by atoms with Crippen LogP contribution in [-0.4, -0.2) is 6.17 Å². The smallest absolute Gasteiger partial charge is 0.0964 e. The Balaban J connectivity index is 1.80. The molecule has 2 heteroatoms. The summed E-state index contributed by atoms with van der Waals surface area (Å²) in [6, 6.07) is 6.83. The van der Waals surface area contributed by atoms with Gasteiger partial charge in [-0.15, -0.1) is 0 Å². The maximum absolute atomic E-state index is 3.55. The van der Waals surface area contributed by atoms with Crippen LogP contribution in [0.3, 0.4) is 0 Å². The van der Waals surface area contributed by atoms with Crippen LogP contribution in [0.1, 0.15) is 44.1 Å². The maximum atomic E-state index is 3.55. The Morgan fingerprint density at radius 3 is 2.73 bits per heavy atom. The van der Waals surface area contributed by atoms with E-state index in [4.69, 9.17) is 0 Å². The fourth-order valence-corrected chi connectivity index (χ4v) is 2.32. The molecule has 0 aromatic heterocycles. The Morgan fingerprint density at radius 1 is 1.20 bits per heavy atom. The van der Waals surface area contributed by atoms with Gasteiger partial charge in [-0.3, -0.25) is 0 Å². The second-order valence-electron chi connectivity index (χ2n) is 4.71. The molecule has 1 aliphatic carbocycles. The van der Waals surface area contributed by atoms with E-state index in [2.05, 4.69) is 35.8 Å². The molecule has 2 nitrogen and oxygen atoms in total. The minimum atomic E-state index is 0.444. The Labute approximate surface area is 91.1 Å². The van der Waals surface area contributed by atoms with Crippen LogP contribution < -0.4 is 10.6 Å². The lowest BCUT2D eigenvalue weighted by Gasteiger charge is -2.09. The van der Waals surface area contributed by atoms with Crippen LogP contribution >= 0.6 is 0 Å². The Kier molecular flexibility index (Phi) is 2.08. The monoisotopic (exact) mass is 202 g/mol. The first-order valence-corrected chi connectivity index (χ1v) is 6.04. The summed E-state index contributed by atoms with van der Waals surface area (Å²) in [5, 5.41) is 7.06. The van der Waals surface area contributed by atoms with Crippen LogP contribution in [0, 0.1) is 0 Å². The zero-order valence-corrected chi connectivity index (χ0v) is 9.22. The van der Waals surface area contributed by atoms with Crippen molar-refractivity contribution in [3.8, 4) is 0 Å². The third-order valence-electron chi connectivity index (χ3n) is 3.33. The maximum Gasteiger partial charge on any atom is 0.0964 e. The van der Waals surface area contributed by atoms with Gasteiger partial charge in [0.2, 0.25) is 0 Å². The number of benzene rings is 1. The third kappa shape index (κ3) is 1.69. The summed E-state index contributed by atoms with van der Waals surface area (Å²) in [4.78, 5) is 0. The van der Waals surface area contributed by atoms with Gasteiger partial charge >= 0.3 is 0 Å². The highest BCUT2D eigenvalue weighted by atomic mass is 15.2. The second kappa shape index (κ2) is 3.44. The van der Waals surface area contributed by atoms with E-state index in [9.17, 15) is 0 Å². The standard InChI is InChI=1S/C13H18N2/c1-2-3-13-14-11-7-6-10(9-4-5-9)8-12(11)15-13/h6-9,13-15H,2-5H2,1H3. The summed E-state index contributed by atoms with van der Waals surface area (Å²) < 4.78 is 0. The number of nitrogens with one attached hydrogen (secondary N) is 2. The predicted molar refractivity (Wildman–Crippen MR) is 64.4 cm³/mol. The third-order valence-corrected chi connectivity index (χ3v) is 3.33. The van der Waals surface area contributed by atoms with E-state index in [0.717, 1.165) is 5.92 Å². The minimum Gasteiger partial charge on any atom is -0.364 e. The molecular weight excluding hydrogens is 184 g/mol. The quantitative estimate of drug-likeness (QED) is 0.783. The molecule has 1 aliphatic heterocycles. The average Bonchev–Trinajstić information content (AvgIpc) is 2.99. The lowest BCUT2D eigenvalue weighted by atomic mass is 10.1. The molecule has 0 bridgehead atoms. The number of fused-ring (bicyclic) bond motifs is 1. The topological polar surface area (TPSA) is 24.1 Å². The van der Waals surface area contributed by atoms with Crippen molar-refractivity contribution >= 4 is 11.4 Å². The second-order valence-corrected chi connectivity index (χ2v) is 4.71. The van der Waals surface area contributed by atoms with Gasteiger partial charge in [-0.05, 0) is 42.9 Å². The van der Waals surface area contributed by atoms with Crippen LogP contribution in [0.4, 0.5) is 11.4 Å². The van der Waals surface area contributed by atoms with Gasteiger partial charge in [0.25, 0.3) is 0 Å².